The number of piperidine rings is 1. The summed E-state index contributed by atoms with van der Waals surface area (Å²) in [5, 5.41) is 4.52. The summed E-state index contributed by atoms with van der Waals surface area (Å²) in [7, 11) is 1.79. The summed E-state index contributed by atoms with van der Waals surface area (Å²) in [6, 6.07) is 6.54. The first-order valence-corrected chi connectivity index (χ1v) is 9.19. The number of carbonyl (C=O) groups is 1. The third-order valence-corrected chi connectivity index (χ3v) is 5.18. The molecule has 0 atom stereocenters. The predicted molar refractivity (Wildman–Crippen MR) is 98.4 cm³/mol. The predicted octanol–water partition coefficient (Wildman–Crippen LogP) is 2.99. The number of halogens is 1. The van der Waals surface area contributed by atoms with Crippen molar-refractivity contribution in [3.8, 4) is 11.4 Å². The van der Waals surface area contributed by atoms with E-state index >= 15 is 0 Å². The lowest BCUT2D eigenvalue weighted by Gasteiger charge is -2.30. The van der Waals surface area contributed by atoms with Gasteiger partial charge in [0.05, 0.1) is 24.8 Å². The second-order valence-corrected chi connectivity index (χ2v) is 6.80. The van der Waals surface area contributed by atoms with Crippen LogP contribution in [0.5, 0.6) is 0 Å². The third-order valence-electron chi connectivity index (χ3n) is 4.70. The summed E-state index contributed by atoms with van der Waals surface area (Å²) in [5.41, 5.74) is 0.431. The Hall–Kier alpha value is -2.06. The van der Waals surface area contributed by atoms with Crippen molar-refractivity contribution in [1.29, 1.82) is 0 Å². The van der Waals surface area contributed by atoms with Gasteiger partial charge in [-0.05, 0) is 44.1 Å². The molecule has 0 spiro atoms. The monoisotopic (exact) mass is 378 g/mol. The van der Waals surface area contributed by atoms with Crippen molar-refractivity contribution in [2.24, 2.45) is 13.0 Å². The van der Waals surface area contributed by atoms with Crippen LogP contribution in [0.2, 0.25) is 0 Å². The van der Waals surface area contributed by atoms with Crippen molar-refractivity contribution >= 4 is 18.2 Å². The molecule has 1 aromatic carbocycles. The van der Waals surface area contributed by atoms with E-state index in [0.717, 1.165) is 25.9 Å². The normalized spacial score (nSPS) is 16.0. The summed E-state index contributed by atoms with van der Waals surface area (Å²) < 4.78 is 23.2. The molecular weight excluding hydrogens is 355 g/mol. The maximum atomic E-state index is 14.1. The number of nitrogens with zero attached hydrogens (tertiary/aromatic N) is 4. The van der Waals surface area contributed by atoms with Gasteiger partial charge >= 0.3 is 5.97 Å². The van der Waals surface area contributed by atoms with E-state index in [0.29, 0.717) is 29.4 Å². The van der Waals surface area contributed by atoms with Gasteiger partial charge in [-0.1, -0.05) is 12.1 Å². The van der Waals surface area contributed by atoms with Crippen molar-refractivity contribution in [3.63, 3.8) is 0 Å². The Morgan fingerprint density at radius 3 is 2.69 bits per heavy atom. The minimum Gasteiger partial charge on any atom is -0.466 e. The molecule has 1 fully saturated rings. The minimum absolute atomic E-state index is 0.0307. The number of carbonyl (C=O) groups excluding carboxylic acids is 1. The lowest BCUT2D eigenvalue weighted by molar-refractivity contribution is -0.149. The molecule has 2 heterocycles. The zero-order chi connectivity index (χ0) is 18.7. The highest BCUT2D eigenvalue weighted by molar-refractivity contribution is 7.71. The summed E-state index contributed by atoms with van der Waals surface area (Å²) in [5.74, 6) is 0.0489. The molecule has 0 saturated carbocycles. The number of rotatable bonds is 5. The molecule has 1 saturated heterocycles. The topological polar surface area (TPSA) is 52.3 Å². The summed E-state index contributed by atoms with van der Waals surface area (Å²) >= 11 is 5.47. The average molecular weight is 378 g/mol. The fourth-order valence-electron chi connectivity index (χ4n) is 3.22. The van der Waals surface area contributed by atoms with E-state index in [2.05, 4.69) is 10.00 Å². The van der Waals surface area contributed by atoms with E-state index < -0.39 is 0 Å². The highest BCUT2D eigenvalue weighted by atomic mass is 32.1. The number of hydrogen-bond acceptors (Lipinski definition) is 5. The molecule has 0 aliphatic carbocycles. The van der Waals surface area contributed by atoms with E-state index in [1.54, 1.807) is 34.5 Å². The Bertz CT molecular complexity index is 840. The van der Waals surface area contributed by atoms with Crippen molar-refractivity contribution in [2.75, 3.05) is 19.7 Å². The van der Waals surface area contributed by atoms with Gasteiger partial charge in [-0.25, -0.2) is 9.07 Å². The quantitative estimate of drug-likeness (QED) is 0.591. The van der Waals surface area contributed by atoms with Crippen LogP contribution in [0.4, 0.5) is 4.39 Å². The van der Waals surface area contributed by atoms with Crippen LogP contribution in [0, 0.1) is 16.5 Å². The SMILES string of the molecule is CCOC(=O)C1CCN(Cn2nc(-c3ccccc3F)n(C)c2=S)CC1. The van der Waals surface area contributed by atoms with Gasteiger partial charge in [-0.3, -0.25) is 9.69 Å². The van der Waals surface area contributed by atoms with Gasteiger partial charge in [-0.2, -0.15) is 5.10 Å². The van der Waals surface area contributed by atoms with Gasteiger partial charge in [0.1, 0.15) is 5.82 Å². The van der Waals surface area contributed by atoms with Crippen LogP contribution >= 0.6 is 12.2 Å². The highest BCUT2D eigenvalue weighted by Gasteiger charge is 2.26. The van der Waals surface area contributed by atoms with Crippen LogP contribution in [0.1, 0.15) is 19.8 Å². The molecule has 1 aliphatic heterocycles. The van der Waals surface area contributed by atoms with Crippen LogP contribution in [-0.4, -0.2) is 44.9 Å². The number of benzene rings is 1. The molecule has 0 N–H and O–H groups in total. The Morgan fingerprint density at radius 1 is 1.35 bits per heavy atom. The fourth-order valence-corrected chi connectivity index (χ4v) is 3.40. The van der Waals surface area contributed by atoms with Crippen molar-refractivity contribution < 1.29 is 13.9 Å². The van der Waals surface area contributed by atoms with E-state index in [4.69, 9.17) is 17.0 Å². The van der Waals surface area contributed by atoms with Crippen LogP contribution in [0.3, 0.4) is 0 Å². The van der Waals surface area contributed by atoms with E-state index in [9.17, 15) is 9.18 Å². The largest absolute Gasteiger partial charge is 0.466 e. The Labute approximate surface area is 157 Å². The minimum atomic E-state index is -0.321. The maximum Gasteiger partial charge on any atom is 0.309 e. The van der Waals surface area contributed by atoms with Gasteiger partial charge in [0.25, 0.3) is 0 Å². The zero-order valence-electron chi connectivity index (χ0n) is 15.0. The van der Waals surface area contributed by atoms with Gasteiger partial charge < -0.3 is 9.30 Å². The molecule has 0 amide bonds. The Kier molecular flexibility index (Phi) is 5.83. The first-order chi connectivity index (χ1) is 12.5. The molecule has 0 unspecified atom stereocenters. The third kappa shape index (κ3) is 3.86. The van der Waals surface area contributed by atoms with E-state index in [1.165, 1.54) is 6.07 Å². The number of esters is 1. The van der Waals surface area contributed by atoms with Gasteiger partial charge in [0.15, 0.2) is 10.6 Å². The number of hydrogen-bond donors (Lipinski definition) is 0. The van der Waals surface area contributed by atoms with Crippen LogP contribution in [-0.2, 0) is 23.2 Å². The number of aromatic nitrogens is 3. The molecule has 0 radical (unpaired) electrons. The molecule has 6 nitrogen and oxygen atoms in total. The second kappa shape index (κ2) is 8.09. The van der Waals surface area contributed by atoms with Gasteiger partial charge in [0, 0.05) is 20.1 Å². The molecule has 1 aromatic heterocycles. The van der Waals surface area contributed by atoms with Crippen molar-refractivity contribution in [2.45, 2.75) is 26.4 Å². The molecule has 0 bridgehead atoms. The number of ether oxygens (including phenoxy) is 1. The Morgan fingerprint density at radius 2 is 2.04 bits per heavy atom. The summed E-state index contributed by atoms with van der Waals surface area (Å²) in [6.07, 6.45) is 1.53. The van der Waals surface area contributed by atoms with E-state index in [1.807, 2.05) is 6.92 Å². The lowest BCUT2D eigenvalue weighted by Crippen LogP contribution is -2.38. The molecule has 2 aromatic rings. The van der Waals surface area contributed by atoms with Crippen LogP contribution < -0.4 is 0 Å². The molecular formula is C18H23FN4O2S. The molecule has 26 heavy (non-hydrogen) atoms. The van der Waals surface area contributed by atoms with Gasteiger partial charge in [0.2, 0.25) is 0 Å². The highest BCUT2D eigenvalue weighted by Crippen LogP contribution is 2.22. The second-order valence-electron chi connectivity index (χ2n) is 6.43. The first kappa shape index (κ1) is 18.7. The van der Waals surface area contributed by atoms with Crippen molar-refractivity contribution in [1.82, 2.24) is 19.2 Å². The Balaban J connectivity index is 1.70. The fraction of sp³-hybridized carbons (Fsp3) is 0.500. The standard InChI is InChI=1S/C18H23FN4O2S/c1-3-25-17(24)13-8-10-22(11-9-13)12-23-18(26)21(2)16(20-23)14-6-4-5-7-15(14)19/h4-7,13H,3,8-12H2,1-2H3. The molecule has 8 heteroatoms. The smallest absolute Gasteiger partial charge is 0.309 e. The summed E-state index contributed by atoms with van der Waals surface area (Å²) in [4.78, 5) is 14.0. The average Bonchev–Trinajstić information content (AvgIpc) is 2.91. The molecule has 1 aliphatic rings. The molecule has 140 valence electrons. The maximum absolute atomic E-state index is 14.1. The van der Waals surface area contributed by atoms with Crippen LogP contribution in [0.15, 0.2) is 24.3 Å². The van der Waals surface area contributed by atoms with Crippen LogP contribution in [0.25, 0.3) is 11.4 Å². The van der Waals surface area contributed by atoms with Gasteiger partial charge in [-0.15, -0.1) is 0 Å². The molecule has 3 rings (SSSR count). The van der Waals surface area contributed by atoms with Crippen molar-refractivity contribution in [3.05, 3.63) is 34.9 Å². The lowest BCUT2D eigenvalue weighted by atomic mass is 9.97. The first-order valence-electron chi connectivity index (χ1n) is 8.79. The summed E-state index contributed by atoms with van der Waals surface area (Å²) in [6.45, 7) is 4.31. The van der Waals surface area contributed by atoms with E-state index in [-0.39, 0.29) is 17.7 Å². The zero-order valence-corrected chi connectivity index (χ0v) is 15.8. The number of likely N-dealkylation sites (tertiary alicyclic amines) is 1.